The Morgan fingerprint density at radius 2 is 2.00 bits per heavy atom. The van der Waals surface area contributed by atoms with Crippen LogP contribution in [0.4, 0.5) is 0 Å². The number of ketones is 2. The van der Waals surface area contributed by atoms with E-state index >= 15 is 0 Å². The zero-order valence-electron chi connectivity index (χ0n) is 18.9. The molecule has 0 bridgehead atoms. The number of fused-ring (bicyclic) bond motifs is 1. The minimum Gasteiger partial charge on any atom is -0.481 e. The molecule has 11 heteroatoms. The van der Waals surface area contributed by atoms with Gasteiger partial charge >= 0.3 is 5.97 Å². The molecule has 0 spiro atoms. The normalized spacial score (nSPS) is 19.4. The predicted octanol–water partition coefficient (Wildman–Crippen LogP) is 1.11. The molecule has 2 atom stereocenters. The fraction of sp³-hybridized carbons (Fsp3) is 0.391. The monoisotopic (exact) mass is 489 g/mol. The quantitative estimate of drug-likeness (QED) is 0.213. The van der Waals surface area contributed by atoms with Gasteiger partial charge in [0, 0.05) is 18.3 Å². The lowest BCUT2D eigenvalue weighted by atomic mass is 9.83. The summed E-state index contributed by atoms with van der Waals surface area (Å²) in [6.45, 7) is 3.02. The summed E-state index contributed by atoms with van der Waals surface area (Å²) in [5.74, 6) is -2.87. The SMILES string of the molecule is CCOC(=O)COc1ccc(C(=O)CN2C=C3C=CC(C(=N)N)C(=O)C3C2)cc1S(=O)(=O)CC. The lowest BCUT2D eigenvalue weighted by molar-refractivity contribution is -0.145. The van der Waals surface area contributed by atoms with E-state index in [1.165, 1.54) is 25.1 Å². The van der Waals surface area contributed by atoms with E-state index in [4.69, 9.17) is 20.6 Å². The first-order valence-electron chi connectivity index (χ1n) is 10.8. The molecule has 3 rings (SSSR count). The minimum atomic E-state index is -3.75. The number of rotatable bonds is 10. The fourth-order valence-corrected chi connectivity index (χ4v) is 4.86. The van der Waals surface area contributed by atoms with E-state index in [1.54, 1.807) is 30.2 Å². The Labute approximate surface area is 197 Å². The summed E-state index contributed by atoms with van der Waals surface area (Å²) < 4.78 is 35.4. The van der Waals surface area contributed by atoms with Crippen molar-refractivity contribution in [1.82, 2.24) is 4.90 Å². The Morgan fingerprint density at radius 3 is 2.65 bits per heavy atom. The van der Waals surface area contributed by atoms with Gasteiger partial charge in [0.2, 0.25) is 0 Å². The molecule has 1 aliphatic carbocycles. The topological polar surface area (TPSA) is 157 Å². The molecule has 1 heterocycles. The zero-order valence-corrected chi connectivity index (χ0v) is 19.8. The summed E-state index contributed by atoms with van der Waals surface area (Å²) in [6.07, 6.45) is 5.04. The number of nitrogens with one attached hydrogen (secondary N) is 1. The number of Topliss-reactive ketones (excluding diaryl/α,β-unsaturated/α-hetero) is 2. The Bertz CT molecular complexity index is 1190. The second kappa shape index (κ2) is 10.2. The highest BCUT2D eigenvalue weighted by Crippen LogP contribution is 2.31. The molecule has 0 saturated carbocycles. The molecule has 0 saturated heterocycles. The van der Waals surface area contributed by atoms with Gasteiger partial charge in [-0.15, -0.1) is 0 Å². The van der Waals surface area contributed by atoms with E-state index in [2.05, 4.69) is 0 Å². The van der Waals surface area contributed by atoms with E-state index in [-0.39, 0.29) is 59.1 Å². The molecule has 0 amide bonds. The van der Waals surface area contributed by atoms with Gasteiger partial charge in [-0.2, -0.15) is 0 Å². The second-order valence-electron chi connectivity index (χ2n) is 7.89. The van der Waals surface area contributed by atoms with Crippen molar-refractivity contribution in [2.24, 2.45) is 17.6 Å². The highest BCUT2D eigenvalue weighted by Gasteiger charge is 2.37. The van der Waals surface area contributed by atoms with Crippen molar-refractivity contribution in [3.8, 4) is 5.75 Å². The maximum atomic E-state index is 13.0. The highest BCUT2D eigenvalue weighted by atomic mass is 32.2. The van der Waals surface area contributed by atoms with Crippen LogP contribution in [0.2, 0.25) is 0 Å². The van der Waals surface area contributed by atoms with Crippen LogP contribution in [0.5, 0.6) is 5.75 Å². The Hall–Kier alpha value is -3.47. The smallest absolute Gasteiger partial charge is 0.344 e. The lowest BCUT2D eigenvalue weighted by Crippen LogP contribution is -2.37. The third-order valence-electron chi connectivity index (χ3n) is 5.60. The van der Waals surface area contributed by atoms with Crippen molar-refractivity contribution in [3.05, 3.63) is 47.7 Å². The van der Waals surface area contributed by atoms with Crippen LogP contribution in [0, 0.1) is 17.2 Å². The molecule has 3 N–H and O–H groups in total. The van der Waals surface area contributed by atoms with E-state index in [0.29, 0.717) is 0 Å². The van der Waals surface area contributed by atoms with Gasteiger partial charge in [0.05, 0.1) is 30.7 Å². The van der Waals surface area contributed by atoms with Crippen LogP contribution in [0.3, 0.4) is 0 Å². The molecule has 34 heavy (non-hydrogen) atoms. The largest absolute Gasteiger partial charge is 0.481 e. The van der Waals surface area contributed by atoms with Crippen molar-refractivity contribution in [2.45, 2.75) is 18.7 Å². The molecule has 0 radical (unpaired) electrons. The number of nitrogens with two attached hydrogens (primary N) is 1. The number of hydrogen-bond donors (Lipinski definition) is 2. The molecular formula is C23H27N3O7S. The summed E-state index contributed by atoms with van der Waals surface area (Å²) in [6, 6.07) is 4.03. The molecule has 2 aliphatic rings. The first kappa shape index (κ1) is 25.2. The molecule has 182 valence electrons. The molecule has 0 aromatic heterocycles. The van der Waals surface area contributed by atoms with E-state index in [9.17, 15) is 22.8 Å². The highest BCUT2D eigenvalue weighted by molar-refractivity contribution is 7.91. The first-order chi connectivity index (χ1) is 16.1. The van der Waals surface area contributed by atoms with Gasteiger partial charge in [0.25, 0.3) is 0 Å². The number of carbonyl (C=O) groups is 3. The molecule has 1 aromatic carbocycles. The summed E-state index contributed by atoms with van der Waals surface area (Å²) in [5, 5.41) is 7.56. The maximum absolute atomic E-state index is 13.0. The van der Waals surface area contributed by atoms with E-state index < -0.39 is 34.2 Å². The molecule has 0 fully saturated rings. The predicted molar refractivity (Wildman–Crippen MR) is 123 cm³/mol. The third kappa shape index (κ3) is 5.36. The summed E-state index contributed by atoms with van der Waals surface area (Å²) >= 11 is 0. The average molecular weight is 490 g/mol. The Balaban J connectivity index is 1.77. The second-order valence-corrected chi connectivity index (χ2v) is 10.1. The van der Waals surface area contributed by atoms with Gasteiger partial charge in [0.1, 0.15) is 16.5 Å². The molecule has 10 nitrogen and oxygen atoms in total. The van der Waals surface area contributed by atoms with Crippen molar-refractivity contribution in [2.75, 3.05) is 32.1 Å². The van der Waals surface area contributed by atoms with Crippen LogP contribution in [0.1, 0.15) is 24.2 Å². The van der Waals surface area contributed by atoms with Crippen molar-refractivity contribution < 1.29 is 32.3 Å². The standard InChI is InChI=1S/C23H27N3O7S/c1-3-32-21(28)13-33-19-8-6-14(9-20(19)34(30,31)4-2)18(27)12-26-10-15-5-7-16(23(24)25)22(29)17(15)11-26/h5-10,16-17H,3-4,11-13H2,1-2H3,(H3,24,25). The number of benzene rings is 1. The van der Waals surface area contributed by atoms with E-state index in [0.717, 1.165) is 5.57 Å². The minimum absolute atomic E-state index is 0.0354. The van der Waals surface area contributed by atoms with Gasteiger partial charge in [-0.3, -0.25) is 15.0 Å². The van der Waals surface area contributed by atoms with Crippen LogP contribution < -0.4 is 10.5 Å². The molecular weight excluding hydrogens is 462 g/mol. The van der Waals surface area contributed by atoms with Crippen LogP contribution >= 0.6 is 0 Å². The number of carbonyl (C=O) groups excluding carboxylic acids is 3. The maximum Gasteiger partial charge on any atom is 0.344 e. The molecule has 1 aromatic rings. The van der Waals surface area contributed by atoms with Crippen LogP contribution in [-0.4, -0.2) is 68.7 Å². The molecule has 1 aliphatic heterocycles. The number of sulfone groups is 1. The number of esters is 1. The zero-order chi connectivity index (χ0) is 25.0. The lowest BCUT2D eigenvalue weighted by Gasteiger charge is -2.22. The van der Waals surface area contributed by atoms with Gasteiger partial charge in [-0.05, 0) is 30.7 Å². The van der Waals surface area contributed by atoms with E-state index in [1.807, 2.05) is 0 Å². The average Bonchev–Trinajstić information content (AvgIpc) is 3.21. The van der Waals surface area contributed by atoms with Crippen LogP contribution in [-0.2, 0) is 24.2 Å². The van der Waals surface area contributed by atoms with Crippen LogP contribution in [0.15, 0.2) is 47.0 Å². The number of ether oxygens (including phenoxy) is 2. The van der Waals surface area contributed by atoms with Crippen molar-refractivity contribution in [3.63, 3.8) is 0 Å². The first-order valence-corrected chi connectivity index (χ1v) is 12.4. The number of hydrogen-bond acceptors (Lipinski definition) is 9. The van der Waals surface area contributed by atoms with Gasteiger partial charge < -0.3 is 20.1 Å². The number of allylic oxidation sites excluding steroid dienone is 1. The van der Waals surface area contributed by atoms with Gasteiger partial charge in [0.15, 0.2) is 28.0 Å². The van der Waals surface area contributed by atoms with Gasteiger partial charge in [-0.25, -0.2) is 13.2 Å². The molecule has 2 unspecified atom stereocenters. The van der Waals surface area contributed by atoms with Crippen molar-refractivity contribution >= 4 is 33.2 Å². The number of nitrogens with zero attached hydrogens (tertiary/aromatic N) is 1. The summed E-state index contributed by atoms with van der Waals surface area (Å²) in [7, 11) is -3.75. The van der Waals surface area contributed by atoms with Crippen LogP contribution in [0.25, 0.3) is 0 Å². The number of amidine groups is 1. The Kier molecular flexibility index (Phi) is 7.55. The summed E-state index contributed by atoms with van der Waals surface area (Å²) in [4.78, 5) is 38.6. The van der Waals surface area contributed by atoms with Crippen molar-refractivity contribution in [1.29, 1.82) is 5.41 Å². The fourth-order valence-electron chi connectivity index (χ4n) is 3.81. The Morgan fingerprint density at radius 1 is 1.26 bits per heavy atom. The van der Waals surface area contributed by atoms with Gasteiger partial charge in [-0.1, -0.05) is 19.1 Å². The summed E-state index contributed by atoms with van der Waals surface area (Å²) in [5.41, 5.74) is 6.40. The third-order valence-corrected chi connectivity index (χ3v) is 7.34.